The molecule has 0 heterocycles. The lowest BCUT2D eigenvalue weighted by Gasteiger charge is -2.24. The van der Waals surface area contributed by atoms with E-state index in [0.29, 0.717) is 0 Å². The smallest absolute Gasteiger partial charge is 0.0440 e. The number of rotatable bonds is 2. The molecule has 0 saturated heterocycles. The summed E-state index contributed by atoms with van der Waals surface area (Å²) >= 11 is 0. The van der Waals surface area contributed by atoms with Crippen molar-refractivity contribution in [3.05, 3.63) is 59.2 Å². The summed E-state index contributed by atoms with van der Waals surface area (Å²) in [6.07, 6.45) is 0. The van der Waals surface area contributed by atoms with Gasteiger partial charge in [0.25, 0.3) is 0 Å². The molecule has 0 fully saturated rings. The summed E-state index contributed by atoms with van der Waals surface area (Å²) in [5, 5.41) is 0. The fraction of sp³-hybridized carbons (Fsp3) is 0.368. The first-order valence-corrected chi connectivity index (χ1v) is 7.20. The predicted molar refractivity (Wildman–Crippen MR) is 89.1 cm³/mol. The molecular weight excluding hydrogens is 242 g/mol. The fourth-order valence-electron chi connectivity index (χ4n) is 2.40. The number of nitrogens with zero attached hydrogens (tertiary/aromatic N) is 1. The minimum Gasteiger partial charge on any atom is -0.344 e. The van der Waals surface area contributed by atoms with Crippen LogP contribution in [0.5, 0.6) is 0 Å². The standard InChI is InChI=1S/C19H25N/c1-14-7-8-15(2)18(13-14)20(6)17-11-9-16(10-12-17)19(3,4)5/h7-13H,1-6H3. The summed E-state index contributed by atoms with van der Waals surface area (Å²) in [6, 6.07) is 15.5. The second kappa shape index (κ2) is 5.32. The molecule has 0 aliphatic rings. The van der Waals surface area contributed by atoms with Crippen molar-refractivity contribution in [1.29, 1.82) is 0 Å². The highest BCUT2D eigenvalue weighted by Crippen LogP contribution is 2.30. The molecule has 0 spiro atoms. The molecule has 0 atom stereocenters. The molecule has 20 heavy (non-hydrogen) atoms. The van der Waals surface area contributed by atoms with Crippen LogP contribution < -0.4 is 4.90 Å². The van der Waals surface area contributed by atoms with E-state index in [1.54, 1.807) is 0 Å². The monoisotopic (exact) mass is 267 g/mol. The van der Waals surface area contributed by atoms with Gasteiger partial charge < -0.3 is 4.90 Å². The van der Waals surface area contributed by atoms with Crippen LogP contribution in [0.4, 0.5) is 11.4 Å². The third-order valence-corrected chi connectivity index (χ3v) is 3.85. The number of aryl methyl sites for hydroxylation is 2. The van der Waals surface area contributed by atoms with Gasteiger partial charge in [0, 0.05) is 18.4 Å². The van der Waals surface area contributed by atoms with Crippen LogP contribution in [0.3, 0.4) is 0 Å². The molecule has 1 heteroatoms. The maximum absolute atomic E-state index is 2.26. The highest BCUT2D eigenvalue weighted by Gasteiger charge is 2.14. The van der Waals surface area contributed by atoms with Crippen LogP contribution in [0.15, 0.2) is 42.5 Å². The van der Waals surface area contributed by atoms with Crippen LogP contribution in [0.1, 0.15) is 37.5 Å². The van der Waals surface area contributed by atoms with Crippen LogP contribution in [0.25, 0.3) is 0 Å². The van der Waals surface area contributed by atoms with Gasteiger partial charge in [-0.15, -0.1) is 0 Å². The van der Waals surface area contributed by atoms with Crippen molar-refractivity contribution in [1.82, 2.24) is 0 Å². The van der Waals surface area contributed by atoms with Gasteiger partial charge in [0.15, 0.2) is 0 Å². The van der Waals surface area contributed by atoms with Gasteiger partial charge in [0.05, 0.1) is 0 Å². The van der Waals surface area contributed by atoms with Crippen LogP contribution in [0, 0.1) is 13.8 Å². The lowest BCUT2D eigenvalue weighted by molar-refractivity contribution is 0.590. The van der Waals surface area contributed by atoms with Gasteiger partial charge in [-0.25, -0.2) is 0 Å². The second-order valence-corrected chi connectivity index (χ2v) is 6.65. The van der Waals surface area contributed by atoms with E-state index in [1.807, 2.05) is 0 Å². The van der Waals surface area contributed by atoms with Gasteiger partial charge in [-0.2, -0.15) is 0 Å². The first-order chi connectivity index (χ1) is 9.29. The number of benzene rings is 2. The SMILES string of the molecule is Cc1ccc(C)c(N(C)c2ccc(C(C)(C)C)cc2)c1. The summed E-state index contributed by atoms with van der Waals surface area (Å²) in [6.45, 7) is 11.0. The van der Waals surface area contributed by atoms with Gasteiger partial charge in [-0.1, -0.05) is 45.0 Å². The Morgan fingerprint density at radius 3 is 2.00 bits per heavy atom. The maximum Gasteiger partial charge on any atom is 0.0440 e. The van der Waals surface area contributed by atoms with Crippen LogP contribution in [-0.4, -0.2) is 7.05 Å². The van der Waals surface area contributed by atoms with Crippen molar-refractivity contribution in [2.75, 3.05) is 11.9 Å². The molecule has 0 amide bonds. The molecule has 0 unspecified atom stereocenters. The van der Waals surface area contributed by atoms with Crippen LogP contribution >= 0.6 is 0 Å². The maximum atomic E-state index is 2.26. The molecule has 1 nitrogen and oxygen atoms in total. The quantitative estimate of drug-likeness (QED) is 0.707. The Labute approximate surface area is 123 Å². The van der Waals surface area contributed by atoms with Crippen molar-refractivity contribution in [3.63, 3.8) is 0 Å². The molecule has 0 aliphatic heterocycles. The first kappa shape index (κ1) is 14.6. The van der Waals surface area contributed by atoms with Gasteiger partial charge in [0.1, 0.15) is 0 Å². The van der Waals surface area contributed by atoms with Crippen molar-refractivity contribution >= 4 is 11.4 Å². The zero-order valence-corrected chi connectivity index (χ0v) is 13.5. The Morgan fingerprint density at radius 2 is 1.45 bits per heavy atom. The molecule has 2 rings (SSSR count). The summed E-state index contributed by atoms with van der Waals surface area (Å²) in [5.41, 5.74) is 6.67. The van der Waals surface area contributed by atoms with E-state index in [-0.39, 0.29) is 5.41 Å². The van der Waals surface area contributed by atoms with Crippen molar-refractivity contribution in [2.45, 2.75) is 40.0 Å². The number of anilines is 2. The molecule has 0 aromatic heterocycles. The average molecular weight is 267 g/mol. The van der Waals surface area contributed by atoms with E-state index >= 15 is 0 Å². The van der Waals surface area contributed by atoms with Gasteiger partial charge in [-0.3, -0.25) is 0 Å². The Morgan fingerprint density at radius 1 is 0.850 bits per heavy atom. The molecule has 0 saturated carbocycles. The molecule has 0 N–H and O–H groups in total. The minimum atomic E-state index is 0.205. The Kier molecular flexibility index (Phi) is 3.89. The molecule has 0 aliphatic carbocycles. The largest absolute Gasteiger partial charge is 0.344 e. The summed E-state index contributed by atoms with van der Waals surface area (Å²) in [7, 11) is 2.13. The van der Waals surface area contributed by atoms with E-state index < -0.39 is 0 Å². The Bertz CT molecular complexity index is 588. The third-order valence-electron chi connectivity index (χ3n) is 3.85. The highest BCUT2D eigenvalue weighted by atomic mass is 15.1. The summed E-state index contributed by atoms with van der Waals surface area (Å²) in [4.78, 5) is 2.26. The minimum absolute atomic E-state index is 0.205. The third kappa shape index (κ3) is 3.04. The topological polar surface area (TPSA) is 3.24 Å². The van der Waals surface area contributed by atoms with E-state index in [1.165, 1.54) is 28.1 Å². The van der Waals surface area contributed by atoms with E-state index in [0.717, 1.165) is 0 Å². The van der Waals surface area contributed by atoms with Gasteiger partial charge in [0.2, 0.25) is 0 Å². The Hall–Kier alpha value is -1.76. The van der Waals surface area contributed by atoms with Gasteiger partial charge in [-0.05, 0) is 54.2 Å². The van der Waals surface area contributed by atoms with E-state index in [9.17, 15) is 0 Å². The lowest BCUT2D eigenvalue weighted by Crippen LogP contribution is -2.13. The molecule has 2 aromatic rings. The van der Waals surface area contributed by atoms with Crippen molar-refractivity contribution in [3.8, 4) is 0 Å². The molecule has 0 bridgehead atoms. The van der Waals surface area contributed by atoms with Crippen LogP contribution in [0.2, 0.25) is 0 Å². The molecular formula is C19H25N. The second-order valence-electron chi connectivity index (χ2n) is 6.65. The van der Waals surface area contributed by atoms with E-state index in [2.05, 4.69) is 89.0 Å². The zero-order chi connectivity index (χ0) is 14.9. The van der Waals surface area contributed by atoms with Crippen molar-refractivity contribution < 1.29 is 0 Å². The van der Waals surface area contributed by atoms with Crippen LogP contribution in [-0.2, 0) is 5.41 Å². The summed E-state index contributed by atoms with van der Waals surface area (Å²) in [5.74, 6) is 0. The normalized spacial score (nSPS) is 11.5. The van der Waals surface area contributed by atoms with Gasteiger partial charge >= 0.3 is 0 Å². The van der Waals surface area contributed by atoms with Crippen molar-refractivity contribution in [2.24, 2.45) is 0 Å². The number of hydrogen-bond donors (Lipinski definition) is 0. The average Bonchev–Trinajstić information content (AvgIpc) is 2.40. The zero-order valence-electron chi connectivity index (χ0n) is 13.5. The number of hydrogen-bond acceptors (Lipinski definition) is 1. The summed E-state index contributed by atoms with van der Waals surface area (Å²) < 4.78 is 0. The predicted octanol–water partition coefficient (Wildman–Crippen LogP) is 5.37. The molecule has 0 radical (unpaired) electrons. The highest BCUT2D eigenvalue weighted by molar-refractivity contribution is 5.66. The molecule has 106 valence electrons. The Balaban J connectivity index is 2.34. The molecule has 2 aromatic carbocycles. The first-order valence-electron chi connectivity index (χ1n) is 7.20. The lowest BCUT2D eigenvalue weighted by atomic mass is 9.87. The van der Waals surface area contributed by atoms with E-state index in [4.69, 9.17) is 0 Å². The fourth-order valence-corrected chi connectivity index (χ4v) is 2.40.